The number of nitrogens with zero attached hydrogens (tertiary/aromatic N) is 7. The van der Waals surface area contributed by atoms with Gasteiger partial charge >= 0.3 is 12.2 Å². The van der Waals surface area contributed by atoms with Gasteiger partial charge in [-0.1, -0.05) is 64.1 Å². The van der Waals surface area contributed by atoms with E-state index in [0.717, 1.165) is 56.6 Å². The largest absolute Gasteiger partial charge is 0.465 e. The molecule has 1 aromatic heterocycles. The molecular formula is C55H71N11O9. The molecule has 0 unspecified atom stereocenters. The zero-order valence-electron chi connectivity index (χ0n) is 43.6. The summed E-state index contributed by atoms with van der Waals surface area (Å²) >= 11 is 0. The lowest BCUT2D eigenvalue weighted by Crippen LogP contribution is -2.59. The highest BCUT2D eigenvalue weighted by atomic mass is 16.5. The number of pyridine rings is 1. The fraction of sp³-hybridized carbons (Fsp3) is 0.473. The average Bonchev–Trinajstić information content (AvgIpc) is 4.17. The summed E-state index contributed by atoms with van der Waals surface area (Å²) in [5.74, 6) is -2.53. The number of ether oxygens (including phenoxy) is 1. The van der Waals surface area contributed by atoms with Crippen molar-refractivity contribution < 1.29 is 43.7 Å². The van der Waals surface area contributed by atoms with Crippen LogP contribution in [-0.4, -0.2) is 136 Å². The molecule has 75 heavy (non-hydrogen) atoms. The second kappa shape index (κ2) is 21.3. The molecule has 400 valence electrons. The van der Waals surface area contributed by atoms with Crippen molar-refractivity contribution in [3.63, 3.8) is 0 Å². The topological polar surface area (TPSA) is 289 Å². The van der Waals surface area contributed by atoms with Gasteiger partial charge in [0.15, 0.2) is 0 Å². The Morgan fingerprint density at radius 2 is 1.08 bits per heavy atom. The van der Waals surface area contributed by atoms with Crippen LogP contribution in [0.25, 0.3) is 11.1 Å². The quantitative estimate of drug-likeness (QED) is 0.0779. The monoisotopic (exact) mass is 1030 g/mol. The molecule has 4 aliphatic rings. The highest BCUT2D eigenvalue weighted by molar-refractivity contribution is 5.97. The molecule has 4 fully saturated rings. The summed E-state index contributed by atoms with van der Waals surface area (Å²) in [6.45, 7) is 10.2. The van der Waals surface area contributed by atoms with Crippen molar-refractivity contribution >= 4 is 58.7 Å². The summed E-state index contributed by atoms with van der Waals surface area (Å²) in [7, 11) is 2.68. The number of rotatable bonds is 15. The lowest BCUT2D eigenvalue weighted by molar-refractivity contribution is -0.148. The summed E-state index contributed by atoms with van der Waals surface area (Å²) in [5.41, 5.74) is 28.9. The van der Waals surface area contributed by atoms with E-state index in [4.69, 9.17) is 32.7 Å². The Balaban J connectivity index is 1.17. The number of amides is 6. The molecule has 5 heterocycles. The third-order valence-corrected chi connectivity index (χ3v) is 16.1. The van der Waals surface area contributed by atoms with Crippen LogP contribution < -0.4 is 32.7 Å². The van der Waals surface area contributed by atoms with Crippen molar-refractivity contribution in [1.29, 1.82) is 0 Å². The Labute approximate surface area is 437 Å². The standard InChI is InChI=1S/C55H71N11O9/c1-32(2)46(61(5)52(71)72)48(67)64-23-7-21-54(64,50(58)69)39-16-11-35(29-41(39)56)43-18-19-44(66(43)38-14-9-34(10-15-38)37-13-20-45(60-31-37)63-25-27-75-28-26-63)36-12-17-40(42(57)30-36)55(51(59)70)22-8-24-65(55)49(68)47(33(3)4)62(6)53(73)74/h9-17,20,29-33,43-44,46-47H,7-8,18-19,21-28,56-57H2,1-6H3,(H2,58,69)(H2,59,70)(H,71,72)(H,73,74)/t43-,44-,46+,47+,54+,55+/m1/s1. The van der Waals surface area contributed by atoms with Gasteiger partial charge in [0, 0.05) is 80.2 Å². The lowest BCUT2D eigenvalue weighted by Gasteiger charge is -2.41. The van der Waals surface area contributed by atoms with Gasteiger partial charge in [-0.15, -0.1) is 0 Å². The van der Waals surface area contributed by atoms with E-state index in [1.165, 1.54) is 23.9 Å². The number of hydrogen-bond acceptors (Lipinski definition) is 12. The number of carboxylic acid groups (broad SMARTS) is 2. The number of morpholine rings is 1. The van der Waals surface area contributed by atoms with Gasteiger partial charge < -0.3 is 57.5 Å². The summed E-state index contributed by atoms with van der Waals surface area (Å²) in [6, 6.07) is 20.5. The van der Waals surface area contributed by atoms with Gasteiger partial charge in [-0.3, -0.25) is 29.0 Å². The fourth-order valence-electron chi connectivity index (χ4n) is 12.4. The number of nitrogen functional groups attached to an aromatic ring is 2. The Morgan fingerprint density at radius 1 is 0.640 bits per heavy atom. The minimum absolute atomic E-state index is 0.180. The highest BCUT2D eigenvalue weighted by Gasteiger charge is 2.55. The summed E-state index contributed by atoms with van der Waals surface area (Å²) in [4.78, 5) is 94.6. The van der Waals surface area contributed by atoms with Gasteiger partial charge in [0.05, 0.1) is 25.3 Å². The third-order valence-electron chi connectivity index (χ3n) is 16.1. The van der Waals surface area contributed by atoms with Crippen LogP contribution in [0.2, 0.25) is 0 Å². The second-order valence-electron chi connectivity index (χ2n) is 21.1. The van der Waals surface area contributed by atoms with Crippen molar-refractivity contribution in [2.45, 2.75) is 101 Å². The van der Waals surface area contributed by atoms with Crippen LogP contribution >= 0.6 is 0 Å². The van der Waals surface area contributed by atoms with Crippen LogP contribution in [0.5, 0.6) is 0 Å². The number of carbonyl (C=O) groups is 6. The molecule has 4 aliphatic heterocycles. The second-order valence-corrected chi connectivity index (χ2v) is 21.1. The summed E-state index contributed by atoms with van der Waals surface area (Å²) in [5, 5.41) is 19.8. The van der Waals surface area contributed by atoms with Crippen LogP contribution in [-0.2, 0) is 35.0 Å². The van der Waals surface area contributed by atoms with E-state index in [1.807, 2.05) is 48.7 Å². The maximum Gasteiger partial charge on any atom is 0.407 e. The van der Waals surface area contributed by atoms with Gasteiger partial charge in [-0.25, -0.2) is 14.6 Å². The van der Waals surface area contributed by atoms with E-state index < -0.39 is 70.8 Å². The first kappa shape index (κ1) is 53.7. The Morgan fingerprint density at radius 3 is 1.45 bits per heavy atom. The number of nitrogens with two attached hydrogens (primary N) is 4. The van der Waals surface area contributed by atoms with Crippen molar-refractivity contribution in [3.8, 4) is 11.1 Å². The molecule has 0 saturated carbocycles. The van der Waals surface area contributed by atoms with E-state index >= 15 is 0 Å². The zero-order valence-corrected chi connectivity index (χ0v) is 43.6. The van der Waals surface area contributed by atoms with Crippen LogP contribution in [0, 0.1) is 11.8 Å². The van der Waals surface area contributed by atoms with Crippen LogP contribution in [0.1, 0.15) is 101 Å². The van der Waals surface area contributed by atoms with Crippen LogP contribution in [0.15, 0.2) is 79.0 Å². The predicted molar refractivity (Wildman–Crippen MR) is 284 cm³/mol. The first-order valence-corrected chi connectivity index (χ1v) is 25.8. The van der Waals surface area contributed by atoms with Gasteiger partial charge in [-0.2, -0.15) is 0 Å². The normalized spacial score (nSPS) is 22.6. The Kier molecular flexibility index (Phi) is 15.3. The fourth-order valence-corrected chi connectivity index (χ4v) is 12.4. The number of primary amides is 2. The van der Waals surface area contributed by atoms with Crippen LogP contribution in [0.4, 0.5) is 32.5 Å². The molecule has 4 aromatic rings. The molecule has 8 rings (SSSR count). The molecule has 0 radical (unpaired) electrons. The first-order chi connectivity index (χ1) is 35.6. The molecule has 0 aliphatic carbocycles. The zero-order chi connectivity index (χ0) is 54.3. The molecule has 4 saturated heterocycles. The number of benzene rings is 3. The van der Waals surface area contributed by atoms with Crippen molar-refractivity contribution in [2.75, 3.05) is 74.8 Å². The van der Waals surface area contributed by atoms with Gasteiger partial charge in [0.25, 0.3) is 0 Å². The summed E-state index contributed by atoms with van der Waals surface area (Å²) < 4.78 is 5.53. The number of likely N-dealkylation sites (N-methyl/N-ethyl adjacent to an activating group) is 2. The van der Waals surface area contributed by atoms with E-state index in [-0.39, 0.29) is 49.4 Å². The number of anilines is 4. The maximum absolute atomic E-state index is 14.4. The van der Waals surface area contributed by atoms with E-state index in [2.05, 4.69) is 28.0 Å². The minimum Gasteiger partial charge on any atom is -0.465 e. The molecule has 3 aromatic carbocycles. The molecule has 0 spiro atoms. The minimum atomic E-state index is -1.63. The molecule has 20 heteroatoms. The Hall–Kier alpha value is -7.61. The molecular weight excluding hydrogens is 959 g/mol. The van der Waals surface area contributed by atoms with Crippen LogP contribution in [0.3, 0.4) is 0 Å². The Bertz CT molecular complexity index is 2690. The van der Waals surface area contributed by atoms with Gasteiger partial charge in [0.2, 0.25) is 23.6 Å². The summed E-state index contributed by atoms with van der Waals surface area (Å²) in [6.07, 6.45) is 1.89. The number of likely N-dealkylation sites (tertiary alicyclic amines) is 2. The van der Waals surface area contributed by atoms with Crippen molar-refractivity contribution in [1.82, 2.24) is 24.6 Å². The van der Waals surface area contributed by atoms with Gasteiger partial charge in [0.1, 0.15) is 29.0 Å². The van der Waals surface area contributed by atoms with E-state index in [9.17, 15) is 39.0 Å². The smallest absolute Gasteiger partial charge is 0.407 e. The molecule has 6 atom stereocenters. The molecule has 6 amide bonds. The molecule has 20 nitrogen and oxygen atoms in total. The molecule has 0 bridgehead atoms. The number of aromatic nitrogens is 1. The van der Waals surface area contributed by atoms with Gasteiger partial charge in [-0.05, 0) is 103 Å². The van der Waals surface area contributed by atoms with E-state index in [1.54, 1.807) is 39.8 Å². The number of carbonyl (C=O) groups excluding carboxylic acids is 4. The third kappa shape index (κ3) is 9.59. The number of hydrogen-bond donors (Lipinski definition) is 6. The lowest BCUT2D eigenvalue weighted by atomic mass is 9.83. The van der Waals surface area contributed by atoms with Crippen molar-refractivity contribution in [2.24, 2.45) is 23.3 Å². The SMILES string of the molecule is CC(C)[C@@H](C(=O)N1CCC[C@@]1(C(N)=O)c1ccc([C@H]2CC[C@H](c3ccc([C@]4(C(N)=O)CCCN4C(=O)[C@H](C(C)C)N(C)C(=O)O)c(N)c3)N2c2ccc(-c3ccc(N4CCOCC4)nc3)cc2)cc1N)N(C)C(=O)O. The van der Waals surface area contributed by atoms with E-state index in [0.29, 0.717) is 50.0 Å². The maximum atomic E-state index is 14.4. The van der Waals surface area contributed by atoms with Crippen molar-refractivity contribution in [3.05, 3.63) is 101 Å². The predicted octanol–water partition coefficient (Wildman–Crippen LogP) is 5.71. The molecule has 10 N–H and O–H groups in total. The highest BCUT2D eigenvalue weighted by Crippen LogP contribution is 2.51. The average molecular weight is 1030 g/mol. The first-order valence-electron chi connectivity index (χ1n) is 25.8.